The SMILES string of the molecule is COc1c(Br)cc2c(c1C1(C(=O)O)CCCCC1)CCCCC2. The summed E-state index contributed by atoms with van der Waals surface area (Å²) in [6.45, 7) is 0. The van der Waals surface area contributed by atoms with Crippen LogP contribution >= 0.6 is 15.9 Å². The van der Waals surface area contributed by atoms with Gasteiger partial charge < -0.3 is 9.84 Å². The number of carbonyl (C=O) groups is 1. The number of carboxylic acids is 1. The zero-order valence-corrected chi connectivity index (χ0v) is 15.4. The fourth-order valence-corrected chi connectivity index (χ4v) is 5.09. The van der Waals surface area contributed by atoms with Crippen molar-refractivity contribution in [1.29, 1.82) is 0 Å². The number of carboxylic acid groups (broad SMARTS) is 1. The predicted octanol–water partition coefficient (Wildman–Crippen LogP) is 5.01. The Hall–Kier alpha value is -1.03. The normalized spacial score (nSPS) is 20.4. The molecule has 1 fully saturated rings. The summed E-state index contributed by atoms with van der Waals surface area (Å²) in [6, 6.07) is 2.15. The molecule has 0 bridgehead atoms. The molecule has 1 N–H and O–H groups in total. The molecule has 0 aromatic heterocycles. The predicted molar refractivity (Wildman–Crippen MR) is 94.4 cm³/mol. The van der Waals surface area contributed by atoms with Crippen LogP contribution in [0, 0.1) is 0 Å². The number of hydrogen-bond acceptors (Lipinski definition) is 2. The Morgan fingerprint density at radius 2 is 1.78 bits per heavy atom. The van der Waals surface area contributed by atoms with E-state index in [1.165, 1.54) is 24.0 Å². The standard InChI is InChI=1S/C19H25BrO3/c1-23-17-15(20)12-13-8-4-2-5-9-14(13)16(17)19(18(21)22)10-6-3-7-11-19/h12H,2-11H2,1H3,(H,21,22). The van der Waals surface area contributed by atoms with Crippen molar-refractivity contribution in [3.63, 3.8) is 0 Å². The number of methoxy groups -OCH3 is 1. The summed E-state index contributed by atoms with van der Waals surface area (Å²) in [5.74, 6) is 0.0648. The molecule has 126 valence electrons. The molecule has 2 aliphatic carbocycles. The number of benzene rings is 1. The van der Waals surface area contributed by atoms with Crippen LogP contribution in [-0.2, 0) is 23.1 Å². The molecule has 4 heteroatoms. The van der Waals surface area contributed by atoms with Gasteiger partial charge in [0.2, 0.25) is 0 Å². The lowest BCUT2D eigenvalue weighted by molar-refractivity contribution is -0.145. The number of fused-ring (bicyclic) bond motifs is 1. The number of hydrogen-bond donors (Lipinski definition) is 1. The lowest BCUT2D eigenvalue weighted by atomic mass is 9.67. The van der Waals surface area contributed by atoms with Gasteiger partial charge >= 0.3 is 5.97 Å². The smallest absolute Gasteiger partial charge is 0.314 e. The maximum absolute atomic E-state index is 12.4. The first-order valence-corrected chi connectivity index (χ1v) is 9.51. The summed E-state index contributed by atoms with van der Waals surface area (Å²) >= 11 is 3.63. The molecule has 3 nitrogen and oxygen atoms in total. The van der Waals surface area contributed by atoms with E-state index in [1.54, 1.807) is 7.11 Å². The third-order valence-corrected chi connectivity index (χ3v) is 6.20. The molecule has 1 saturated carbocycles. The van der Waals surface area contributed by atoms with Gasteiger partial charge in [-0.25, -0.2) is 0 Å². The van der Waals surface area contributed by atoms with Crippen molar-refractivity contribution in [1.82, 2.24) is 0 Å². The van der Waals surface area contributed by atoms with Gasteiger partial charge in [0.15, 0.2) is 0 Å². The van der Waals surface area contributed by atoms with Crippen molar-refractivity contribution < 1.29 is 14.6 Å². The van der Waals surface area contributed by atoms with Gasteiger partial charge in [-0.05, 0) is 71.6 Å². The quantitative estimate of drug-likeness (QED) is 0.749. The minimum Gasteiger partial charge on any atom is -0.495 e. The highest BCUT2D eigenvalue weighted by Crippen LogP contribution is 2.49. The molecule has 0 unspecified atom stereocenters. The Kier molecular flexibility index (Phi) is 5.00. The minimum atomic E-state index is -0.776. The van der Waals surface area contributed by atoms with Crippen LogP contribution in [0.2, 0.25) is 0 Å². The zero-order chi connectivity index (χ0) is 16.4. The van der Waals surface area contributed by atoms with E-state index in [0.29, 0.717) is 0 Å². The highest BCUT2D eigenvalue weighted by Gasteiger charge is 2.45. The summed E-state index contributed by atoms with van der Waals surface area (Å²) in [5.41, 5.74) is 2.77. The van der Waals surface area contributed by atoms with E-state index in [4.69, 9.17) is 4.74 Å². The van der Waals surface area contributed by atoms with Crippen LogP contribution in [0.4, 0.5) is 0 Å². The first-order chi connectivity index (χ1) is 11.1. The minimum absolute atomic E-state index is 0.681. The second-order valence-electron chi connectivity index (χ2n) is 6.91. The topological polar surface area (TPSA) is 46.5 Å². The molecule has 1 aromatic rings. The van der Waals surface area contributed by atoms with E-state index in [1.807, 2.05) is 0 Å². The molecule has 1 aromatic carbocycles. The van der Waals surface area contributed by atoms with Crippen molar-refractivity contribution >= 4 is 21.9 Å². The van der Waals surface area contributed by atoms with Gasteiger partial charge in [-0.1, -0.05) is 25.7 Å². The third kappa shape index (κ3) is 2.90. The summed E-state index contributed by atoms with van der Waals surface area (Å²) in [5, 5.41) is 10.2. The fraction of sp³-hybridized carbons (Fsp3) is 0.632. The molecular weight excluding hydrogens is 356 g/mol. The number of ether oxygens (including phenoxy) is 1. The molecule has 0 amide bonds. The van der Waals surface area contributed by atoms with E-state index in [0.717, 1.165) is 67.2 Å². The molecule has 0 radical (unpaired) electrons. The van der Waals surface area contributed by atoms with E-state index < -0.39 is 11.4 Å². The molecular formula is C19H25BrO3. The summed E-state index contributed by atoms with van der Waals surface area (Å²) in [4.78, 5) is 12.4. The maximum Gasteiger partial charge on any atom is 0.314 e. The monoisotopic (exact) mass is 380 g/mol. The van der Waals surface area contributed by atoms with Crippen molar-refractivity contribution in [2.75, 3.05) is 7.11 Å². The summed E-state index contributed by atoms with van der Waals surface area (Å²) < 4.78 is 6.61. The van der Waals surface area contributed by atoms with Crippen molar-refractivity contribution in [3.8, 4) is 5.75 Å². The highest BCUT2D eigenvalue weighted by molar-refractivity contribution is 9.10. The van der Waals surface area contributed by atoms with Gasteiger partial charge in [-0.2, -0.15) is 0 Å². The van der Waals surface area contributed by atoms with E-state index in [2.05, 4.69) is 22.0 Å². The van der Waals surface area contributed by atoms with Crippen molar-refractivity contribution in [3.05, 3.63) is 27.2 Å². The van der Waals surface area contributed by atoms with Gasteiger partial charge in [0.05, 0.1) is 17.0 Å². The summed E-state index contributed by atoms with van der Waals surface area (Å²) in [6.07, 6.45) is 10.1. The molecule has 2 aliphatic rings. The number of rotatable bonds is 3. The molecule has 0 spiro atoms. The molecule has 0 atom stereocenters. The molecule has 0 aliphatic heterocycles. The van der Waals surface area contributed by atoms with Gasteiger partial charge in [0, 0.05) is 5.56 Å². The Labute approximate surface area is 146 Å². The first-order valence-electron chi connectivity index (χ1n) is 8.72. The largest absolute Gasteiger partial charge is 0.495 e. The lowest BCUT2D eigenvalue weighted by Crippen LogP contribution is -2.39. The van der Waals surface area contributed by atoms with Gasteiger partial charge in [-0.15, -0.1) is 0 Å². The van der Waals surface area contributed by atoms with E-state index >= 15 is 0 Å². The van der Waals surface area contributed by atoms with E-state index in [-0.39, 0.29) is 0 Å². The van der Waals surface area contributed by atoms with Crippen LogP contribution in [0.5, 0.6) is 5.75 Å². The Balaban J connectivity index is 2.26. The first kappa shape index (κ1) is 16.8. The van der Waals surface area contributed by atoms with Crippen LogP contribution in [-0.4, -0.2) is 18.2 Å². The summed E-state index contributed by atoms with van der Waals surface area (Å²) in [7, 11) is 1.66. The number of halogens is 1. The van der Waals surface area contributed by atoms with Crippen LogP contribution in [0.1, 0.15) is 68.1 Å². The van der Waals surface area contributed by atoms with Crippen LogP contribution in [0.25, 0.3) is 0 Å². The Morgan fingerprint density at radius 1 is 1.13 bits per heavy atom. The zero-order valence-electron chi connectivity index (χ0n) is 13.8. The van der Waals surface area contributed by atoms with Crippen molar-refractivity contribution in [2.24, 2.45) is 0 Å². The fourth-order valence-electron chi connectivity index (χ4n) is 4.46. The van der Waals surface area contributed by atoms with Crippen molar-refractivity contribution in [2.45, 2.75) is 69.6 Å². The average Bonchev–Trinajstić information content (AvgIpc) is 2.79. The average molecular weight is 381 g/mol. The second kappa shape index (κ2) is 6.84. The van der Waals surface area contributed by atoms with Crippen LogP contribution < -0.4 is 4.74 Å². The maximum atomic E-state index is 12.4. The molecule has 23 heavy (non-hydrogen) atoms. The molecule has 0 heterocycles. The van der Waals surface area contributed by atoms with Gasteiger partial charge in [0.1, 0.15) is 5.75 Å². The van der Waals surface area contributed by atoms with E-state index in [9.17, 15) is 9.90 Å². The Morgan fingerprint density at radius 3 is 2.43 bits per heavy atom. The highest BCUT2D eigenvalue weighted by atomic mass is 79.9. The third-order valence-electron chi connectivity index (χ3n) is 5.61. The van der Waals surface area contributed by atoms with Gasteiger partial charge in [-0.3, -0.25) is 4.79 Å². The van der Waals surface area contributed by atoms with Crippen LogP contribution in [0.15, 0.2) is 10.5 Å². The lowest BCUT2D eigenvalue weighted by Gasteiger charge is -2.37. The number of aliphatic carboxylic acids is 1. The molecule has 0 saturated heterocycles. The Bertz CT molecular complexity index is 603. The second-order valence-corrected chi connectivity index (χ2v) is 7.77. The number of aryl methyl sites for hydroxylation is 1. The van der Waals surface area contributed by atoms with Crippen LogP contribution in [0.3, 0.4) is 0 Å². The van der Waals surface area contributed by atoms with Gasteiger partial charge in [0.25, 0.3) is 0 Å². The molecule has 3 rings (SSSR count).